The minimum absolute atomic E-state index is 0.694. The van der Waals surface area contributed by atoms with Gasteiger partial charge in [-0.05, 0) is 0 Å². The number of carboxylic acids is 1. The summed E-state index contributed by atoms with van der Waals surface area (Å²) in [6.45, 7) is 0. The second-order valence-corrected chi connectivity index (χ2v) is 1.26. The fourth-order valence-corrected chi connectivity index (χ4v) is 0.243. The summed E-state index contributed by atoms with van der Waals surface area (Å²) in [5.74, 6) is -2.03. The first-order chi connectivity index (χ1) is 3.18. The number of hydrogen-bond acceptors (Lipinski definition) is 2. The first kappa shape index (κ1) is 6.49. The summed E-state index contributed by atoms with van der Waals surface area (Å²) in [5.41, 5.74) is 0. The van der Waals surface area contributed by atoms with Gasteiger partial charge in [0.05, 0.1) is 0 Å². The quantitative estimate of drug-likeness (QED) is 0.449. The van der Waals surface area contributed by atoms with E-state index in [0.717, 1.165) is 4.99 Å². The lowest BCUT2D eigenvalue weighted by Gasteiger charge is -1.82. The van der Waals surface area contributed by atoms with Crippen molar-refractivity contribution in [3.05, 3.63) is 10.7 Å². The molecule has 0 unspecified atom stereocenters. The maximum atomic E-state index is 9.58. The van der Waals surface area contributed by atoms with E-state index in [9.17, 15) is 4.79 Å². The molecule has 0 rings (SSSR count). The highest BCUT2D eigenvalue weighted by molar-refractivity contribution is 9.11. The second kappa shape index (κ2) is 2.63. The Labute approximate surface area is 48.4 Å². The van der Waals surface area contributed by atoms with Crippen molar-refractivity contribution in [3.63, 3.8) is 0 Å². The number of aliphatic hydroxyl groups excluding tert-OH is 1. The standard InChI is InChI=1S/C3H3BrO3/c4-1-2(5)3(6)7/h1,5H,(H,6,7)/b2-1-. The first-order valence-corrected chi connectivity index (χ1v) is 2.32. The van der Waals surface area contributed by atoms with E-state index in [2.05, 4.69) is 15.9 Å². The van der Waals surface area contributed by atoms with Gasteiger partial charge in [0.1, 0.15) is 0 Å². The topological polar surface area (TPSA) is 57.5 Å². The van der Waals surface area contributed by atoms with Crippen molar-refractivity contribution >= 4 is 21.9 Å². The smallest absolute Gasteiger partial charge is 0.371 e. The van der Waals surface area contributed by atoms with Crippen LogP contribution in [0.1, 0.15) is 0 Å². The van der Waals surface area contributed by atoms with Crippen LogP contribution in [-0.4, -0.2) is 16.2 Å². The van der Waals surface area contributed by atoms with E-state index in [4.69, 9.17) is 10.2 Å². The monoisotopic (exact) mass is 166 g/mol. The van der Waals surface area contributed by atoms with Crippen LogP contribution in [0.25, 0.3) is 0 Å². The Kier molecular flexibility index (Phi) is 2.44. The molecule has 0 saturated heterocycles. The Morgan fingerprint density at radius 1 is 1.57 bits per heavy atom. The molecule has 0 spiro atoms. The number of rotatable bonds is 1. The van der Waals surface area contributed by atoms with Gasteiger partial charge in [-0.15, -0.1) is 0 Å². The summed E-state index contributed by atoms with van der Waals surface area (Å²) in [6.07, 6.45) is 0. The van der Waals surface area contributed by atoms with Gasteiger partial charge in [0.25, 0.3) is 0 Å². The predicted octanol–water partition coefficient (Wildman–Crippen LogP) is 0.865. The van der Waals surface area contributed by atoms with Gasteiger partial charge < -0.3 is 10.2 Å². The average molecular weight is 167 g/mol. The van der Waals surface area contributed by atoms with Crippen molar-refractivity contribution in [2.24, 2.45) is 0 Å². The second-order valence-electron chi connectivity index (χ2n) is 0.800. The average Bonchev–Trinajstić information content (AvgIpc) is 1.65. The number of carbonyl (C=O) groups is 1. The molecule has 0 bridgehead atoms. The molecule has 40 valence electrons. The summed E-state index contributed by atoms with van der Waals surface area (Å²) in [7, 11) is 0. The fraction of sp³-hybridized carbons (Fsp3) is 0. The van der Waals surface area contributed by atoms with Crippen molar-refractivity contribution in [1.82, 2.24) is 0 Å². The highest BCUT2D eigenvalue weighted by atomic mass is 79.9. The molecule has 0 radical (unpaired) electrons. The van der Waals surface area contributed by atoms with E-state index >= 15 is 0 Å². The molecule has 0 atom stereocenters. The van der Waals surface area contributed by atoms with Gasteiger partial charge in [-0.25, -0.2) is 4.79 Å². The number of aliphatic hydroxyl groups is 1. The normalized spacial score (nSPS) is 11.3. The first-order valence-electron chi connectivity index (χ1n) is 1.41. The highest BCUT2D eigenvalue weighted by Gasteiger charge is 1.98. The lowest BCUT2D eigenvalue weighted by Crippen LogP contribution is -1.96. The van der Waals surface area contributed by atoms with Gasteiger partial charge in [0.15, 0.2) is 0 Å². The molecule has 4 heteroatoms. The van der Waals surface area contributed by atoms with E-state index < -0.39 is 11.7 Å². The molecule has 0 aromatic heterocycles. The van der Waals surface area contributed by atoms with Gasteiger partial charge in [0.2, 0.25) is 5.76 Å². The molecule has 0 fully saturated rings. The van der Waals surface area contributed by atoms with Crippen LogP contribution in [-0.2, 0) is 4.79 Å². The van der Waals surface area contributed by atoms with E-state index in [1.54, 1.807) is 0 Å². The molecule has 0 aliphatic rings. The Morgan fingerprint density at radius 2 is 2.00 bits per heavy atom. The lowest BCUT2D eigenvalue weighted by molar-refractivity contribution is -0.135. The van der Waals surface area contributed by atoms with E-state index in [1.165, 1.54) is 0 Å². The van der Waals surface area contributed by atoms with Crippen molar-refractivity contribution in [1.29, 1.82) is 0 Å². The molecule has 2 N–H and O–H groups in total. The van der Waals surface area contributed by atoms with Crippen molar-refractivity contribution in [2.75, 3.05) is 0 Å². The molecule has 0 aromatic carbocycles. The zero-order valence-corrected chi connectivity index (χ0v) is 4.84. The van der Waals surface area contributed by atoms with Crippen LogP contribution < -0.4 is 0 Å². The van der Waals surface area contributed by atoms with Gasteiger partial charge in [-0.1, -0.05) is 15.9 Å². The van der Waals surface area contributed by atoms with E-state index in [0.29, 0.717) is 0 Å². The van der Waals surface area contributed by atoms with Crippen LogP contribution in [0.4, 0.5) is 0 Å². The molecule has 0 aliphatic heterocycles. The summed E-state index contributed by atoms with van der Waals surface area (Å²) in [4.78, 5) is 10.5. The van der Waals surface area contributed by atoms with Crippen LogP contribution in [0.3, 0.4) is 0 Å². The summed E-state index contributed by atoms with van der Waals surface area (Å²) >= 11 is 2.62. The third-order valence-electron chi connectivity index (χ3n) is 0.322. The zero-order valence-electron chi connectivity index (χ0n) is 3.26. The number of hydrogen-bond donors (Lipinski definition) is 2. The van der Waals surface area contributed by atoms with Gasteiger partial charge in [-0.2, -0.15) is 0 Å². The Balaban J connectivity index is 3.82. The molecule has 0 saturated carbocycles. The molecular weight excluding hydrogens is 164 g/mol. The van der Waals surface area contributed by atoms with Gasteiger partial charge >= 0.3 is 5.97 Å². The van der Waals surface area contributed by atoms with Crippen molar-refractivity contribution < 1.29 is 15.0 Å². The van der Waals surface area contributed by atoms with Crippen LogP contribution in [0.5, 0.6) is 0 Å². The van der Waals surface area contributed by atoms with Crippen LogP contribution in [0, 0.1) is 0 Å². The summed E-state index contributed by atoms with van der Waals surface area (Å²) in [5, 5.41) is 16.0. The lowest BCUT2D eigenvalue weighted by atomic mass is 10.6. The largest absolute Gasteiger partial charge is 0.501 e. The Bertz CT molecular complexity index is 107. The summed E-state index contributed by atoms with van der Waals surface area (Å²) < 4.78 is 0. The van der Waals surface area contributed by atoms with Crippen LogP contribution in [0.2, 0.25) is 0 Å². The van der Waals surface area contributed by atoms with E-state index in [1.807, 2.05) is 0 Å². The van der Waals surface area contributed by atoms with Crippen LogP contribution >= 0.6 is 15.9 Å². The fourth-order valence-electron chi connectivity index (χ4n) is 0.0467. The number of aliphatic carboxylic acids is 1. The van der Waals surface area contributed by atoms with Crippen LogP contribution in [0.15, 0.2) is 10.7 Å². The molecular formula is C3H3BrO3. The Hall–Kier alpha value is -0.510. The maximum Gasteiger partial charge on any atom is 0.371 e. The third kappa shape index (κ3) is 2.22. The predicted molar refractivity (Wildman–Crippen MR) is 27.3 cm³/mol. The van der Waals surface area contributed by atoms with Gasteiger partial charge in [0, 0.05) is 4.99 Å². The minimum Gasteiger partial charge on any atom is -0.501 e. The molecule has 0 amide bonds. The highest BCUT2D eigenvalue weighted by Crippen LogP contribution is 1.91. The molecule has 0 aliphatic carbocycles. The maximum absolute atomic E-state index is 9.58. The summed E-state index contributed by atoms with van der Waals surface area (Å²) in [6, 6.07) is 0. The Morgan fingerprint density at radius 3 is 2.00 bits per heavy atom. The molecule has 0 heterocycles. The minimum atomic E-state index is -1.34. The molecule has 0 aromatic rings. The molecule has 7 heavy (non-hydrogen) atoms. The van der Waals surface area contributed by atoms with Gasteiger partial charge in [-0.3, -0.25) is 0 Å². The number of carboxylic acid groups (broad SMARTS) is 1. The molecule has 3 nitrogen and oxygen atoms in total. The van der Waals surface area contributed by atoms with E-state index in [-0.39, 0.29) is 0 Å². The SMILES string of the molecule is O=C(O)/C(O)=C/Br. The third-order valence-corrected chi connectivity index (χ3v) is 0.756. The van der Waals surface area contributed by atoms with Crippen molar-refractivity contribution in [2.45, 2.75) is 0 Å². The van der Waals surface area contributed by atoms with Crippen molar-refractivity contribution in [3.8, 4) is 0 Å². The zero-order chi connectivity index (χ0) is 5.86. The number of halogens is 1.